The number of rotatable bonds is 6. The summed E-state index contributed by atoms with van der Waals surface area (Å²) >= 11 is 0. The van der Waals surface area contributed by atoms with Gasteiger partial charge in [0.25, 0.3) is 0 Å². The molecular weight excluding hydrogens is 316 g/mol. The van der Waals surface area contributed by atoms with E-state index in [1.54, 1.807) is 13.2 Å². The molecule has 1 aromatic carbocycles. The molecule has 0 aliphatic carbocycles. The van der Waals surface area contributed by atoms with Crippen LogP contribution in [0.15, 0.2) is 11.0 Å². The maximum Gasteiger partial charge on any atom is 0.241 e. The normalized spacial score (nSPS) is 16.5. The molecule has 0 bridgehead atoms. The molecule has 0 saturated carbocycles. The van der Waals surface area contributed by atoms with E-state index in [2.05, 4.69) is 4.72 Å². The predicted molar refractivity (Wildman–Crippen MR) is 88.8 cm³/mol. The van der Waals surface area contributed by atoms with Crippen molar-refractivity contribution in [2.45, 2.75) is 25.7 Å². The van der Waals surface area contributed by atoms with Crippen LogP contribution in [0.2, 0.25) is 0 Å². The van der Waals surface area contributed by atoms with Crippen LogP contribution in [0.5, 0.6) is 5.75 Å². The van der Waals surface area contributed by atoms with Crippen molar-refractivity contribution in [3.63, 3.8) is 0 Å². The summed E-state index contributed by atoms with van der Waals surface area (Å²) in [5.41, 5.74) is 2.43. The molecule has 1 aliphatic heterocycles. The lowest BCUT2D eigenvalue weighted by atomic mass is 10.1. The first-order chi connectivity index (χ1) is 10.9. The minimum Gasteiger partial charge on any atom is -0.496 e. The number of quaternary nitrogens is 1. The molecule has 7 heteroatoms. The van der Waals surface area contributed by atoms with Crippen molar-refractivity contribution in [2.75, 3.05) is 46.5 Å². The third-order valence-corrected chi connectivity index (χ3v) is 6.03. The molecule has 130 valence electrons. The molecule has 1 saturated heterocycles. The standard InChI is InChI=1S/C16H26N2O4S/c1-12-11-15(13(2)14(3)16(12)21-4)23(19,20)17-5-6-18-7-9-22-10-8-18/h11,17H,5-10H2,1-4H3/p+1. The van der Waals surface area contributed by atoms with Crippen LogP contribution in [0.4, 0.5) is 0 Å². The highest BCUT2D eigenvalue weighted by molar-refractivity contribution is 7.89. The molecule has 1 fully saturated rings. The molecule has 0 spiro atoms. The second-order valence-electron chi connectivity index (χ2n) is 5.98. The van der Waals surface area contributed by atoms with Gasteiger partial charge in [-0.3, -0.25) is 0 Å². The van der Waals surface area contributed by atoms with E-state index < -0.39 is 10.0 Å². The highest BCUT2D eigenvalue weighted by Crippen LogP contribution is 2.30. The fourth-order valence-corrected chi connectivity index (χ4v) is 4.38. The third kappa shape index (κ3) is 4.23. The minimum atomic E-state index is -3.51. The van der Waals surface area contributed by atoms with Crippen LogP contribution in [-0.4, -0.2) is 54.9 Å². The number of benzene rings is 1. The summed E-state index contributed by atoms with van der Waals surface area (Å²) in [4.78, 5) is 1.71. The van der Waals surface area contributed by atoms with Crippen molar-refractivity contribution >= 4 is 10.0 Å². The van der Waals surface area contributed by atoms with Gasteiger partial charge in [0.2, 0.25) is 10.0 Å². The van der Waals surface area contributed by atoms with Crippen molar-refractivity contribution in [1.29, 1.82) is 0 Å². The van der Waals surface area contributed by atoms with Gasteiger partial charge in [-0.2, -0.15) is 0 Å². The molecule has 2 N–H and O–H groups in total. The number of sulfonamides is 1. The Balaban J connectivity index is 2.10. The topological polar surface area (TPSA) is 69.1 Å². The molecule has 0 atom stereocenters. The van der Waals surface area contributed by atoms with Gasteiger partial charge in [-0.05, 0) is 43.5 Å². The van der Waals surface area contributed by atoms with Gasteiger partial charge >= 0.3 is 0 Å². The van der Waals surface area contributed by atoms with Gasteiger partial charge in [0.1, 0.15) is 18.8 Å². The average Bonchev–Trinajstić information content (AvgIpc) is 2.52. The van der Waals surface area contributed by atoms with E-state index in [1.165, 1.54) is 4.90 Å². The maximum atomic E-state index is 12.6. The Labute approximate surface area is 138 Å². The highest BCUT2D eigenvalue weighted by atomic mass is 32.2. The summed E-state index contributed by atoms with van der Waals surface area (Å²) in [6, 6.07) is 1.69. The van der Waals surface area contributed by atoms with Crippen LogP contribution < -0.4 is 14.4 Å². The monoisotopic (exact) mass is 343 g/mol. The molecule has 0 aromatic heterocycles. The second-order valence-corrected chi connectivity index (χ2v) is 7.72. The number of morpholine rings is 1. The lowest BCUT2D eigenvalue weighted by Crippen LogP contribution is -3.14. The number of ether oxygens (including phenoxy) is 2. The average molecular weight is 343 g/mol. The van der Waals surface area contributed by atoms with Crippen molar-refractivity contribution in [1.82, 2.24) is 4.72 Å². The first kappa shape index (κ1) is 18.2. The number of nitrogens with one attached hydrogen (secondary N) is 2. The fourth-order valence-electron chi connectivity index (χ4n) is 2.96. The first-order valence-corrected chi connectivity index (χ1v) is 9.41. The third-order valence-electron chi connectivity index (χ3n) is 4.44. The zero-order valence-electron chi connectivity index (χ0n) is 14.4. The molecule has 0 radical (unpaired) electrons. The van der Waals surface area contributed by atoms with Crippen LogP contribution in [0.1, 0.15) is 16.7 Å². The molecule has 1 aromatic rings. The van der Waals surface area contributed by atoms with Gasteiger partial charge in [0.15, 0.2) is 0 Å². The molecule has 6 nitrogen and oxygen atoms in total. The molecule has 1 aliphatic rings. The number of hydrogen-bond donors (Lipinski definition) is 2. The zero-order valence-corrected chi connectivity index (χ0v) is 15.2. The van der Waals surface area contributed by atoms with E-state index in [-0.39, 0.29) is 0 Å². The maximum absolute atomic E-state index is 12.6. The van der Waals surface area contributed by atoms with Gasteiger partial charge in [-0.25, -0.2) is 13.1 Å². The van der Waals surface area contributed by atoms with Gasteiger partial charge in [-0.15, -0.1) is 0 Å². The fraction of sp³-hybridized carbons (Fsp3) is 0.625. The Hall–Kier alpha value is -1.15. The van der Waals surface area contributed by atoms with E-state index >= 15 is 0 Å². The first-order valence-electron chi connectivity index (χ1n) is 7.92. The minimum absolute atomic E-state index is 0.338. The number of aryl methyl sites for hydroxylation is 1. The summed E-state index contributed by atoms with van der Waals surface area (Å²) in [5.74, 6) is 0.749. The Kier molecular flexibility index (Phi) is 6.02. The molecular formula is C16H27N2O4S+. The summed E-state index contributed by atoms with van der Waals surface area (Å²) in [6.07, 6.45) is 0. The molecule has 2 rings (SSSR count). The van der Waals surface area contributed by atoms with E-state index in [4.69, 9.17) is 9.47 Å². The van der Waals surface area contributed by atoms with E-state index in [9.17, 15) is 8.42 Å². The van der Waals surface area contributed by atoms with Crippen LogP contribution >= 0.6 is 0 Å². The van der Waals surface area contributed by atoms with Crippen LogP contribution in [0, 0.1) is 20.8 Å². The summed E-state index contributed by atoms with van der Waals surface area (Å²) in [7, 11) is -1.91. The van der Waals surface area contributed by atoms with Gasteiger partial charge in [0, 0.05) is 0 Å². The van der Waals surface area contributed by atoms with E-state index in [1.807, 2.05) is 20.8 Å². The molecule has 1 heterocycles. The Morgan fingerprint density at radius 3 is 2.48 bits per heavy atom. The van der Waals surface area contributed by atoms with Gasteiger partial charge in [0.05, 0.1) is 38.3 Å². The van der Waals surface area contributed by atoms with Crippen molar-refractivity contribution < 1.29 is 22.8 Å². The Bertz CT molecular complexity index is 653. The lowest BCUT2D eigenvalue weighted by Gasteiger charge is -2.23. The van der Waals surface area contributed by atoms with Crippen LogP contribution in [0.25, 0.3) is 0 Å². The lowest BCUT2D eigenvalue weighted by molar-refractivity contribution is -0.906. The zero-order chi connectivity index (χ0) is 17.0. The predicted octanol–water partition coefficient (Wildman–Crippen LogP) is -0.186. The highest BCUT2D eigenvalue weighted by Gasteiger charge is 2.22. The number of methoxy groups -OCH3 is 1. The van der Waals surface area contributed by atoms with E-state index in [0.717, 1.165) is 55.3 Å². The summed E-state index contributed by atoms with van der Waals surface area (Å²) in [6.45, 7) is 10.1. The van der Waals surface area contributed by atoms with Gasteiger partial charge in [-0.1, -0.05) is 0 Å². The van der Waals surface area contributed by atoms with Crippen LogP contribution in [-0.2, 0) is 14.8 Å². The quantitative estimate of drug-likeness (QED) is 0.752. The smallest absolute Gasteiger partial charge is 0.241 e. The second kappa shape index (κ2) is 7.61. The van der Waals surface area contributed by atoms with Gasteiger partial charge < -0.3 is 14.4 Å². The Morgan fingerprint density at radius 2 is 1.87 bits per heavy atom. The molecule has 0 amide bonds. The van der Waals surface area contributed by atoms with Crippen molar-refractivity contribution in [3.8, 4) is 5.75 Å². The summed E-state index contributed by atoms with van der Waals surface area (Å²) < 4.78 is 38.6. The SMILES string of the molecule is COc1c(C)cc(S(=O)(=O)NCC[NH+]2CCOCC2)c(C)c1C. The largest absolute Gasteiger partial charge is 0.496 e. The van der Waals surface area contributed by atoms with Crippen molar-refractivity contribution in [3.05, 3.63) is 22.8 Å². The molecule has 0 unspecified atom stereocenters. The van der Waals surface area contributed by atoms with Crippen molar-refractivity contribution in [2.24, 2.45) is 0 Å². The Morgan fingerprint density at radius 1 is 1.22 bits per heavy atom. The van der Waals surface area contributed by atoms with E-state index in [0.29, 0.717) is 11.4 Å². The summed E-state index contributed by atoms with van der Waals surface area (Å²) in [5, 5.41) is 0. The van der Waals surface area contributed by atoms with Crippen LogP contribution in [0.3, 0.4) is 0 Å². The molecule has 23 heavy (non-hydrogen) atoms. The number of hydrogen-bond acceptors (Lipinski definition) is 4.